The van der Waals surface area contributed by atoms with E-state index in [4.69, 9.17) is 0 Å². The second-order valence-corrected chi connectivity index (χ2v) is 5.64. The Labute approximate surface area is 148 Å². The summed E-state index contributed by atoms with van der Waals surface area (Å²) in [5.41, 5.74) is 1.46. The molecule has 3 aromatic rings. The molecule has 0 radical (unpaired) electrons. The number of amides is 2. The molecule has 1 saturated heterocycles. The van der Waals surface area contributed by atoms with E-state index in [1.54, 1.807) is 30.5 Å². The number of piperidine rings is 1. The normalized spacial score (nSPS) is 14.5. The summed E-state index contributed by atoms with van der Waals surface area (Å²) in [6, 6.07) is 8.65. The minimum atomic E-state index is -0.213. The summed E-state index contributed by atoms with van der Waals surface area (Å²) in [6.45, 7) is 0. The van der Waals surface area contributed by atoms with E-state index in [2.05, 4.69) is 30.4 Å². The van der Waals surface area contributed by atoms with Crippen LogP contribution in [0.5, 0.6) is 0 Å². The Morgan fingerprint density at radius 2 is 1.42 bits per heavy atom. The van der Waals surface area contributed by atoms with Gasteiger partial charge >= 0.3 is 0 Å². The van der Waals surface area contributed by atoms with Crippen molar-refractivity contribution in [2.45, 2.75) is 19.3 Å². The fourth-order valence-corrected chi connectivity index (χ4v) is 2.62. The number of hydrogen-bond donors (Lipinski definition) is 0. The lowest BCUT2D eigenvalue weighted by Gasteiger charge is -2.24. The van der Waals surface area contributed by atoms with Crippen LogP contribution in [0.3, 0.4) is 0 Å². The van der Waals surface area contributed by atoms with Gasteiger partial charge in [0.05, 0.1) is 11.9 Å². The van der Waals surface area contributed by atoms with E-state index in [9.17, 15) is 9.59 Å². The molecule has 0 aromatic carbocycles. The standard InChI is InChI=1S/C17H13N7O2/c25-14-5-3-6-15(26)24(14)11-7-8-13(19-10-11)17-22-20-16(21-23-17)12-4-1-2-9-18-12/h1-2,4,7-10H,3,5-6H2. The first-order valence-corrected chi connectivity index (χ1v) is 8.03. The van der Waals surface area contributed by atoms with Crippen molar-refractivity contribution in [1.82, 2.24) is 30.4 Å². The van der Waals surface area contributed by atoms with Crippen molar-refractivity contribution in [3.05, 3.63) is 42.7 Å². The number of pyridine rings is 2. The summed E-state index contributed by atoms with van der Waals surface area (Å²) in [5.74, 6) is 0.133. The highest BCUT2D eigenvalue weighted by atomic mass is 16.2. The van der Waals surface area contributed by atoms with Crippen molar-refractivity contribution < 1.29 is 9.59 Å². The van der Waals surface area contributed by atoms with Crippen LogP contribution in [0.1, 0.15) is 19.3 Å². The van der Waals surface area contributed by atoms with Gasteiger partial charge in [-0.3, -0.25) is 19.6 Å². The van der Waals surface area contributed by atoms with Crippen LogP contribution >= 0.6 is 0 Å². The van der Waals surface area contributed by atoms with Gasteiger partial charge in [0.2, 0.25) is 23.5 Å². The van der Waals surface area contributed by atoms with E-state index in [0.717, 1.165) is 0 Å². The zero-order chi connectivity index (χ0) is 17.9. The van der Waals surface area contributed by atoms with E-state index in [1.807, 2.05) is 6.07 Å². The highest BCUT2D eigenvalue weighted by molar-refractivity contribution is 6.16. The van der Waals surface area contributed by atoms with Crippen LogP contribution < -0.4 is 4.90 Å². The molecular formula is C17H13N7O2. The molecule has 26 heavy (non-hydrogen) atoms. The Bertz CT molecular complexity index is 927. The molecule has 0 unspecified atom stereocenters. The van der Waals surface area contributed by atoms with Crippen molar-refractivity contribution in [3.8, 4) is 23.0 Å². The molecule has 1 aliphatic heterocycles. The maximum atomic E-state index is 12.0. The summed E-state index contributed by atoms with van der Waals surface area (Å²) in [6.07, 6.45) is 4.40. The quantitative estimate of drug-likeness (QED) is 0.654. The number of carbonyl (C=O) groups is 2. The van der Waals surface area contributed by atoms with Gasteiger partial charge < -0.3 is 0 Å². The highest BCUT2D eigenvalue weighted by Gasteiger charge is 2.27. The molecule has 128 valence electrons. The Hall–Kier alpha value is -3.62. The van der Waals surface area contributed by atoms with Gasteiger partial charge in [-0.05, 0) is 30.7 Å². The molecule has 0 bridgehead atoms. The highest BCUT2D eigenvalue weighted by Crippen LogP contribution is 2.23. The largest absolute Gasteiger partial charge is 0.274 e. The molecule has 9 nitrogen and oxygen atoms in total. The third-order valence-electron chi connectivity index (χ3n) is 3.89. The number of imide groups is 1. The van der Waals surface area contributed by atoms with E-state index in [-0.39, 0.29) is 17.6 Å². The van der Waals surface area contributed by atoms with Gasteiger partial charge in [0.25, 0.3) is 0 Å². The number of rotatable bonds is 3. The van der Waals surface area contributed by atoms with Crippen LogP contribution in [-0.2, 0) is 9.59 Å². The van der Waals surface area contributed by atoms with Gasteiger partial charge in [0, 0.05) is 19.0 Å². The smallest absolute Gasteiger partial charge is 0.233 e. The number of carbonyl (C=O) groups excluding carboxylic acids is 2. The van der Waals surface area contributed by atoms with Crippen LogP contribution in [0.2, 0.25) is 0 Å². The molecular weight excluding hydrogens is 334 g/mol. The molecule has 4 heterocycles. The number of nitrogens with zero attached hydrogens (tertiary/aromatic N) is 7. The van der Waals surface area contributed by atoms with Crippen molar-refractivity contribution in [2.75, 3.05) is 4.90 Å². The molecule has 0 N–H and O–H groups in total. The van der Waals surface area contributed by atoms with E-state index < -0.39 is 0 Å². The molecule has 0 atom stereocenters. The lowest BCUT2D eigenvalue weighted by atomic mass is 10.1. The zero-order valence-corrected chi connectivity index (χ0v) is 13.6. The number of hydrogen-bond acceptors (Lipinski definition) is 8. The first-order chi connectivity index (χ1) is 12.7. The first-order valence-electron chi connectivity index (χ1n) is 8.03. The van der Waals surface area contributed by atoms with Crippen molar-refractivity contribution in [3.63, 3.8) is 0 Å². The second-order valence-electron chi connectivity index (χ2n) is 5.64. The molecule has 0 spiro atoms. The van der Waals surface area contributed by atoms with E-state index >= 15 is 0 Å². The Morgan fingerprint density at radius 1 is 0.769 bits per heavy atom. The van der Waals surface area contributed by atoms with E-state index in [1.165, 1.54) is 11.1 Å². The minimum Gasteiger partial charge on any atom is -0.274 e. The molecule has 3 aromatic heterocycles. The van der Waals surface area contributed by atoms with Gasteiger partial charge in [-0.2, -0.15) is 0 Å². The monoisotopic (exact) mass is 347 g/mol. The average Bonchev–Trinajstić information content (AvgIpc) is 2.69. The summed E-state index contributed by atoms with van der Waals surface area (Å²) in [4.78, 5) is 33.5. The lowest BCUT2D eigenvalue weighted by Crippen LogP contribution is -2.40. The fourth-order valence-electron chi connectivity index (χ4n) is 2.62. The summed E-state index contributed by atoms with van der Waals surface area (Å²) in [7, 11) is 0. The van der Waals surface area contributed by atoms with Crippen LogP contribution in [0.15, 0.2) is 42.7 Å². The van der Waals surface area contributed by atoms with Crippen LogP contribution in [-0.4, -0.2) is 42.2 Å². The molecule has 1 aliphatic rings. The van der Waals surface area contributed by atoms with Crippen LogP contribution in [0.25, 0.3) is 23.0 Å². The predicted molar refractivity (Wildman–Crippen MR) is 90.4 cm³/mol. The minimum absolute atomic E-state index is 0.213. The van der Waals surface area contributed by atoms with Crippen molar-refractivity contribution in [2.24, 2.45) is 0 Å². The fraction of sp³-hybridized carbons (Fsp3) is 0.176. The van der Waals surface area contributed by atoms with Crippen molar-refractivity contribution >= 4 is 17.5 Å². The molecule has 4 rings (SSSR count). The maximum absolute atomic E-state index is 12.0. The average molecular weight is 347 g/mol. The van der Waals surface area contributed by atoms with Crippen LogP contribution in [0.4, 0.5) is 5.69 Å². The second kappa shape index (κ2) is 6.71. The zero-order valence-electron chi connectivity index (χ0n) is 13.6. The summed E-state index contributed by atoms with van der Waals surface area (Å²) in [5, 5.41) is 16.1. The lowest BCUT2D eigenvalue weighted by molar-refractivity contribution is -0.129. The summed E-state index contributed by atoms with van der Waals surface area (Å²) < 4.78 is 0. The Kier molecular flexibility index (Phi) is 4.10. The molecule has 0 aliphatic carbocycles. The summed E-state index contributed by atoms with van der Waals surface area (Å²) >= 11 is 0. The Balaban J connectivity index is 1.57. The molecule has 1 fully saturated rings. The van der Waals surface area contributed by atoms with E-state index in [0.29, 0.717) is 42.2 Å². The first kappa shape index (κ1) is 15.9. The van der Waals surface area contributed by atoms with Gasteiger partial charge in [-0.15, -0.1) is 20.4 Å². The van der Waals surface area contributed by atoms with Crippen LogP contribution in [0, 0.1) is 0 Å². The predicted octanol–water partition coefficient (Wildman–Crippen LogP) is 1.43. The maximum Gasteiger partial charge on any atom is 0.233 e. The molecule has 2 amide bonds. The van der Waals surface area contributed by atoms with Gasteiger partial charge in [0.15, 0.2) is 0 Å². The van der Waals surface area contributed by atoms with Gasteiger partial charge in [0.1, 0.15) is 11.4 Å². The third-order valence-corrected chi connectivity index (χ3v) is 3.89. The van der Waals surface area contributed by atoms with Gasteiger partial charge in [-0.1, -0.05) is 6.07 Å². The number of anilines is 1. The molecule has 9 heteroatoms. The topological polar surface area (TPSA) is 115 Å². The SMILES string of the molecule is O=C1CCCC(=O)N1c1ccc(-c2nnc(-c3ccccn3)nn2)nc1. The Morgan fingerprint density at radius 3 is 1.96 bits per heavy atom. The molecule has 0 saturated carbocycles. The third kappa shape index (κ3) is 3.02. The van der Waals surface area contributed by atoms with Gasteiger partial charge in [-0.25, -0.2) is 4.90 Å². The number of aromatic nitrogens is 6. The van der Waals surface area contributed by atoms with Crippen molar-refractivity contribution in [1.29, 1.82) is 0 Å².